The Morgan fingerprint density at radius 1 is 1.24 bits per heavy atom. The van der Waals surface area contributed by atoms with Crippen LogP contribution in [0.4, 0.5) is 0 Å². The van der Waals surface area contributed by atoms with Gasteiger partial charge in [0.1, 0.15) is 5.75 Å². The lowest BCUT2D eigenvalue weighted by molar-refractivity contribution is 0.127. The Bertz CT molecular complexity index is 418. The molecule has 0 saturated carbocycles. The Morgan fingerprint density at radius 3 is 2.52 bits per heavy atom. The number of benzene rings is 1. The predicted octanol–water partition coefficient (Wildman–Crippen LogP) is 3.32. The zero-order valence-corrected chi connectivity index (χ0v) is 13.9. The summed E-state index contributed by atoms with van der Waals surface area (Å²) >= 11 is 0. The van der Waals surface area contributed by atoms with Gasteiger partial charge in [0.25, 0.3) is 0 Å². The third kappa shape index (κ3) is 4.45. The minimum absolute atomic E-state index is 0.404. The minimum atomic E-state index is 0.404. The molecule has 0 aliphatic carbocycles. The highest BCUT2D eigenvalue weighted by atomic mass is 16.5. The normalized spacial score (nSPS) is 24.8. The molecule has 1 aliphatic rings. The summed E-state index contributed by atoms with van der Waals surface area (Å²) < 4.78 is 5.25. The number of nitrogens with one attached hydrogen (secondary N) is 1. The molecular formula is C18H30N2O. The van der Waals surface area contributed by atoms with Crippen molar-refractivity contribution in [3.05, 3.63) is 29.8 Å². The molecule has 0 radical (unpaired) electrons. The van der Waals surface area contributed by atoms with E-state index in [1.807, 2.05) is 0 Å². The number of hydrogen-bond donors (Lipinski definition) is 1. The molecule has 1 aromatic rings. The van der Waals surface area contributed by atoms with Crippen molar-refractivity contribution in [2.75, 3.05) is 33.3 Å². The highest BCUT2D eigenvalue weighted by Gasteiger charge is 2.24. The fourth-order valence-corrected chi connectivity index (χ4v) is 3.14. The third-order valence-corrected chi connectivity index (χ3v) is 4.83. The van der Waals surface area contributed by atoms with Gasteiger partial charge in [-0.1, -0.05) is 32.9 Å². The lowest BCUT2D eigenvalue weighted by Gasteiger charge is -2.37. The van der Waals surface area contributed by atoms with Crippen LogP contribution >= 0.6 is 0 Å². The summed E-state index contributed by atoms with van der Waals surface area (Å²) in [5.74, 6) is 2.59. The fraction of sp³-hybridized carbons (Fsp3) is 0.667. The molecule has 0 aromatic heterocycles. The molecule has 21 heavy (non-hydrogen) atoms. The van der Waals surface area contributed by atoms with Crippen LogP contribution in [0.1, 0.15) is 38.8 Å². The predicted molar refractivity (Wildman–Crippen MR) is 88.8 cm³/mol. The number of methoxy groups -OCH3 is 1. The van der Waals surface area contributed by atoms with Crippen LogP contribution in [0, 0.1) is 11.8 Å². The van der Waals surface area contributed by atoms with Crippen LogP contribution in [-0.2, 0) is 0 Å². The molecule has 0 spiro atoms. The lowest BCUT2D eigenvalue weighted by Crippen LogP contribution is -2.43. The van der Waals surface area contributed by atoms with Crippen molar-refractivity contribution in [1.29, 1.82) is 0 Å². The number of likely N-dealkylation sites (N-methyl/N-ethyl adjacent to an activating group) is 1. The molecule has 1 N–H and O–H groups in total. The van der Waals surface area contributed by atoms with Crippen LogP contribution in [-0.4, -0.2) is 38.2 Å². The lowest BCUT2D eigenvalue weighted by atomic mass is 9.88. The van der Waals surface area contributed by atoms with Crippen molar-refractivity contribution in [2.24, 2.45) is 11.8 Å². The number of piperidine rings is 1. The maximum atomic E-state index is 5.25. The first-order valence-corrected chi connectivity index (χ1v) is 8.23. The highest BCUT2D eigenvalue weighted by Crippen LogP contribution is 2.25. The van der Waals surface area contributed by atoms with Crippen LogP contribution in [0.5, 0.6) is 5.75 Å². The monoisotopic (exact) mass is 290 g/mol. The van der Waals surface area contributed by atoms with Crippen LogP contribution in [0.25, 0.3) is 0 Å². The van der Waals surface area contributed by atoms with Gasteiger partial charge in [-0.05, 0) is 49.0 Å². The number of rotatable bonds is 6. The maximum Gasteiger partial charge on any atom is 0.118 e. The molecule has 1 aromatic carbocycles. The summed E-state index contributed by atoms with van der Waals surface area (Å²) in [6.45, 7) is 11.5. The molecule has 1 fully saturated rings. The maximum absolute atomic E-state index is 5.25. The van der Waals surface area contributed by atoms with Gasteiger partial charge in [-0.2, -0.15) is 0 Å². The van der Waals surface area contributed by atoms with Crippen molar-refractivity contribution in [1.82, 2.24) is 10.2 Å². The van der Waals surface area contributed by atoms with E-state index in [0.29, 0.717) is 6.04 Å². The fourth-order valence-electron chi connectivity index (χ4n) is 3.14. The van der Waals surface area contributed by atoms with Gasteiger partial charge in [-0.25, -0.2) is 0 Å². The Labute approximate surface area is 129 Å². The molecule has 3 atom stereocenters. The van der Waals surface area contributed by atoms with Crippen molar-refractivity contribution < 1.29 is 4.74 Å². The second-order valence-corrected chi connectivity index (χ2v) is 6.39. The van der Waals surface area contributed by atoms with E-state index in [1.54, 1.807) is 7.11 Å². The third-order valence-electron chi connectivity index (χ3n) is 4.83. The number of hydrogen-bond acceptors (Lipinski definition) is 3. The Hall–Kier alpha value is -1.06. The first-order chi connectivity index (χ1) is 10.1. The molecule has 3 heteroatoms. The number of nitrogens with zero attached hydrogens (tertiary/aromatic N) is 1. The van der Waals surface area contributed by atoms with Gasteiger partial charge in [-0.3, -0.25) is 0 Å². The molecule has 3 unspecified atom stereocenters. The molecule has 3 nitrogen and oxygen atoms in total. The van der Waals surface area contributed by atoms with Crippen LogP contribution in [0.2, 0.25) is 0 Å². The highest BCUT2D eigenvalue weighted by molar-refractivity contribution is 5.29. The Kier molecular flexibility index (Phi) is 6.07. The van der Waals surface area contributed by atoms with Gasteiger partial charge in [0.05, 0.1) is 7.11 Å². The summed E-state index contributed by atoms with van der Waals surface area (Å²) in [4.78, 5) is 2.61. The molecule has 2 rings (SSSR count). The van der Waals surface area contributed by atoms with E-state index in [2.05, 4.69) is 55.3 Å². The molecular weight excluding hydrogens is 260 g/mol. The minimum Gasteiger partial charge on any atom is -0.497 e. The molecule has 0 bridgehead atoms. The first kappa shape index (κ1) is 16.3. The topological polar surface area (TPSA) is 24.5 Å². The van der Waals surface area contributed by atoms with Gasteiger partial charge < -0.3 is 15.0 Å². The Morgan fingerprint density at radius 2 is 1.95 bits per heavy atom. The van der Waals surface area contributed by atoms with Crippen molar-refractivity contribution in [3.63, 3.8) is 0 Å². The summed E-state index contributed by atoms with van der Waals surface area (Å²) in [5.41, 5.74) is 1.35. The quantitative estimate of drug-likeness (QED) is 0.870. The van der Waals surface area contributed by atoms with Crippen molar-refractivity contribution in [2.45, 2.75) is 33.2 Å². The Balaban J connectivity index is 2.01. The van der Waals surface area contributed by atoms with Gasteiger partial charge in [0.2, 0.25) is 0 Å². The average Bonchev–Trinajstić information content (AvgIpc) is 2.50. The van der Waals surface area contributed by atoms with Gasteiger partial charge in [-0.15, -0.1) is 0 Å². The number of likely N-dealkylation sites (tertiary alicyclic amines) is 1. The molecule has 1 saturated heterocycles. The second-order valence-electron chi connectivity index (χ2n) is 6.39. The van der Waals surface area contributed by atoms with E-state index < -0.39 is 0 Å². The standard InChI is InChI=1S/C18H30N2O/c1-5-19-18(16-6-8-17(21-4)9-7-16)13-20-11-10-14(2)15(3)12-20/h6-9,14-15,18-19H,5,10-13H2,1-4H3. The second kappa shape index (κ2) is 7.81. The summed E-state index contributed by atoms with van der Waals surface area (Å²) in [5, 5.41) is 3.63. The molecule has 0 amide bonds. The first-order valence-electron chi connectivity index (χ1n) is 8.23. The van der Waals surface area contributed by atoms with E-state index in [-0.39, 0.29) is 0 Å². The van der Waals surface area contributed by atoms with E-state index >= 15 is 0 Å². The number of ether oxygens (including phenoxy) is 1. The van der Waals surface area contributed by atoms with Crippen LogP contribution < -0.4 is 10.1 Å². The largest absolute Gasteiger partial charge is 0.497 e. The zero-order valence-electron chi connectivity index (χ0n) is 13.9. The van der Waals surface area contributed by atoms with Gasteiger partial charge >= 0.3 is 0 Å². The van der Waals surface area contributed by atoms with Crippen LogP contribution in [0.3, 0.4) is 0 Å². The zero-order chi connectivity index (χ0) is 15.2. The van der Waals surface area contributed by atoms with Gasteiger partial charge in [0, 0.05) is 19.1 Å². The van der Waals surface area contributed by atoms with Crippen molar-refractivity contribution in [3.8, 4) is 5.75 Å². The SMILES string of the molecule is CCNC(CN1CCC(C)C(C)C1)c1ccc(OC)cc1. The smallest absolute Gasteiger partial charge is 0.118 e. The summed E-state index contributed by atoms with van der Waals surface area (Å²) in [7, 11) is 1.72. The van der Waals surface area contributed by atoms with Crippen LogP contribution in [0.15, 0.2) is 24.3 Å². The molecule has 118 valence electrons. The summed E-state index contributed by atoms with van der Waals surface area (Å²) in [6.07, 6.45) is 1.32. The van der Waals surface area contributed by atoms with E-state index in [1.165, 1.54) is 25.1 Å². The van der Waals surface area contributed by atoms with E-state index in [4.69, 9.17) is 4.74 Å². The average molecular weight is 290 g/mol. The molecule has 1 heterocycles. The van der Waals surface area contributed by atoms with E-state index in [9.17, 15) is 0 Å². The van der Waals surface area contributed by atoms with E-state index in [0.717, 1.165) is 30.7 Å². The van der Waals surface area contributed by atoms with Crippen molar-refractivity contribution >= 4 is 0 Å². The summed E-state index contributed by atoms with van der Waals surface area (Å²) in [6, 6.07) is 8.88. The molecule has 1 aliphatic heterocycles. The van der Waals surface area contributed by atoms with Gasteiger partial charge in [0.15, 0.2) is 0 Å².